The van der Waals surface area contributed by atoms with Crippen LogP contribution < -0.4 is 11.1 Å². The molecule has 3 amide bonds. The second kappa shape index (κ2) is 7.72. The minimum atomic E-state index is -1.15. The third-order valence-corrected chi connectivity index (χ3v) is 3.63. The van der Waals surface area contributed by atoms with Gasteiger partial charge in [-0.25, -0.2) is 9.59 Å². The Labute approximate surface area is 118 Å². The highest BCUT2D eigenvalue weighted by molar-refractivity contribution is 5.83. The summed E-state index contributed by atoms with van der Waals surface area (Å²) in [5.74, 6) is -1.72. The number of carbonyl (C=O) groups is 3. The van der Waals surface area contributed by atoms with Crippen LogP contribution in [0.15, 0.2) is 0 Å². The third kappa shape index (κ3) is 4.71. The Kier molecular flexibility index (Phi) is 6.27. The summed E-state index contributed by atoms with van der Waals surface area (Å²) in [4.78, 5) is 35.7. The van der Waals surface area contributed by atoms with Gasteiger partial charge in [0.25, 0.3) is 0 Å². The molecule has 0 aromatic rings. The second-order valence-corrected chi connectivity index (χ2v) is 5.10. The van der Waals surface area contributed by atoms with Crippen LogP contribution in [-0.2, 0) is 9.59 Å². The first-order valence-electron chi connectivity index (χ1n) is 7.04. The number of carboxylic acids is 1. The van der Waals surface area contributed by atoms with Gasteiger partial charge in [-0.1, -0.05) is 6.92 Å². The Morgan fingerprint density at radius 3 is 2.65 bits per heavy atom. The van der Waals surface area contributed by atoms with E-state index in [2.05, 4.69) is 5.32 Å². The maximum absolute atomic E-state index is 12.2. The van der Waals surface area contributed by atoms with Crippen LogP contribution in [0.4, 0.5) is 4.79 Å². The Morgan fingerprint density at radius 1 is 1.40 bits per heavy atom. The molecule has 1 fully saturated rings. The average molecular weight is 285 g/mol. The van der Waals surface area contributed by atoms with Gasteiger partial charge in [0.2, 0.25) is 5.91 Å². The van der Waals surface area contributed by atoms with Crippen LogP contribution in [0.1, 0.15) is 45.4 Å². The van der Waals surface area contributed by atoms with Gasteiger partial charge in [-0.2, -0.15) is 0 Å². The Morgan fingerprint density at radius 2 is 2.10 bits per heavy atom. The number of piperidine rings is 1. The summed E-state index contributed by atoms with van der Waals surface area (Å²) in [5.41, 5.74) is 5.00. The zero-order valence-electron chi connectivity index (χ0n) is 11.8. The summed E-state index contributed by atoms with van der Waals surface area (Å²) in [7, 11) is 0. The molecule has 4 N–H and O–H groups in total. The number of hydrogen-bond acceptors (Lipinski definition) is 3. The van der Waals surface area contributed by atoms with E-state index in [9.17, 15) is 14.4 Å². The fraction of sp³-hybridized carbons (Fsp3) is 0.769. The quantitative estimate of drug-likeness (QED) is 0.666. The molecule has 0 aromatic heterocycles. The number of nitrogens with one attached hydrogen (secondary N) is 1. The van der Waals surface area contributed by atoms with Gasteiger partial charge in [0.05, 0.1) is 0 Å². The lowest BCUT2D eigenvalue weighted by Crippen LogP contribution is -2.52. The van der Waals surface area contributed by atoms with E-state index < -0.39 is 17.9 Å². The maximum atomic E-state index is 12.2. The second-order valence-electron chi connectivity index (χ2n) is 5.10. The smallest absolute Gasteiger partial charge is 0.326 e. The Hall–Kier alpha value is -1.79. The topological polar surface area (TPSA) is 113 Å². The molecule has 0 aromatic carbocycles. The van der Waals surface area contributed by atoms with E-state index in [4.69, 9.17) is 10.8 Å². The van der Waals surface area contributed by atoms with Crippen molar-refractivity contribution in [1.82, 2.24) is 10.2 Å². The number of nitrogens with zero attached hydrogens (tertiary/aromatic N) is 1. The van der Waals surface area contributed by atoms with Crippen molar-refractivity contribution in [2.75, 3.05) is 6.54 Å². The van der Waals surface area contributed by atoms with Crippen molar-refractivity contribution in [2.24, 2.45) is 5.73 Å². The fourth-order valence-corrected chi connectivity index (χ4v) is 2.47. The van der Waals surface area contributed by atoms with Crippen LogP contribution in [0.5, 0.6) is 0 Å². The van der Waals surface area contributed by atoms with Gasteiger partial charge in [0.15, 0.2) is 0 Å². The van der Waals surface area contributed by atoms with Gasteiger partial charge in [-0.3, -0.25) is 4.79 Å². The van der Waals surface area contributed by atoms with E-state index in [1.54, 1.807) is 4.90 Å². The first kappa shape index (κ1) is 16.3. The maximum Gasteiger partial charge on any atom is 0.326 e. The van der Waals surface area contributed by atoms with Crippen molar-refractivity contribution in [3.63, 3.8) is 0 Å². The van der Waals surface area contributed by atoms with E-state index >= 15 is 0 Å². The SMILES string of the molecule is CCC1CCCCN1C(=O)NC(CCC(N)=O)C(=O)O. The van der Waals surface area contributed by atoms with Gasteiger partial charge < -0.3 is 21.1 Å². The van der Waals surface area contributed by atoms with Gasteiger partial charge in [0.1, 0.15) is 6.04 Å². The molecular formula is C13H23N3O4. The van der Waals surface area contributed by atoms with Crippen LogP contribution in [0.2, 0.25) is 0 Å². The highest BCUT2D eigenvalue weighted by Crippen LogP contribution is 2.19. The molecule has 2 atom stereocenters. The predicted molar refractivity (Wildman–Crippen MR) is 73.0 cm³/mol. The summed E-state index contributed by atoms with van der Waals surface area (Å²) < 4.78 is 0. The number of carbonyl (C=O) groups excluding carboxylic acids is 2. The molecule has 0 bridgehead atoms. The molecule has 2 unspecified atom stereocenters. The molecule has 0 radical (unpaired) electrons. The van der Waals surface area contributed by atoms with Crippen molar-refractivity contribution in [2.45, 2.75) is 57.5 Å². The van der Waals surface area contributed by atoms with Gasteiger partial charge >= 0.3 is 12.0 Å². The summed E-state index contributed by atoms with van der Waals surface area (Å²) >= 11 is 0. The average Bonchev–Trinajstić information content (AvgIpc) is 2.42. The molecule has 114 valence electrons. The Bertz CT molecular complexity index is 373. The monoisotopic (exact) mass is 285 g/mol. The normalized spacial score (nSPS) is 20.2. The van der Waals surface area contributed by atoms with Crippen LogP contribution >= 0.6 is 0 Å². The van der Waals surface area contributed by atoms with E-state index in [-0.39, 0.29) is 24.9 Å². The number of likely N-dealkylation sites (tertiary alicyclic amines) is 1. The predicted octanol–water partition coefficient (Wildman–Crippen LogP) is 0.679. The lowest BCUT2D eigenvalue weighted by atomic mass is 10.0. The first-order valence-corrected chi connectivity index (χ1v) is 7.04. The van der Waals surface area contributed by atoms with Crippen molar-refractivity contribution < 1.29 is 19.5 Å². The fourth-order valence-electron chi connectivity index (χ4n) is 2.47. The molecule has 1 aliphatic heterocycles. The molecule has 7 nitrogen and oxygen atoms in total. The standard InChI is InChI=1S/C13H23N3O4/c1-2-9-5-3-4-8-16(9)13(20)15-10(12(18)19)6-7-11(14)17/h9-10H,2-8H2,1H3,(H2,14,17)(H,15,20)(H,18,19). The number of nitrogens with two attached hydrogens (primary N) is 1. The summed E-state index contributed by atoms with van der Waals surface area (Å²) in [6.45, 7) is 2.66. The van der Waals surface area contributed by atoms with Crippen molar-refractivity contribution in [1.29, 1.82) is 0 Å². The molecule has 0 aliphatic carbocycles. The van der Waals surface area contributed by atoms with Crippen molar-refractivity contribution in [3.8, 4) is 0 Å². The minimum Gasteiger partial charge on any atom is -0.480 e. The van der Waals surface area contributed by atoms with E-state index in [1.165, 1.54) is 0 Å². The minimum absolute atomic E-state index is 0.0149. The summed E-state index contributed by atoms with van der Waals surface area (Å²) in [6.07, 6.45) is 3.78. The molecule has 20 heavy (non-hydrogen) atoms. The lowest BCUT2D eigenvalue weighted by Gasteiger charge is -2.35. The molecular weight excluding hydrogens is 262 g/mol. The van der Waals surface area contributed by atoms with E-state index in [0.717, 1.165) is 25.7 Å². The van der Waals surface area contributed by atoms with Crippen LogP contribution in [0, 0.1) is 0 Å². The van der Waals surface area contributed by atoms with Crippen LogP contribution in [0.3, 0.4) is 0 Å². The van der Waals surface area contributed by atoms with Crippen molar-refractivity contribution in [3.05, 3.63) is 0 Å². The number of primary amides is 1. The zero-order valence-corrected chi connectivity index (χ0v) is 11.8. The number of urea groups is 1. The summed E-state index contributed by atoms with van der Waals surface area (Å²) in [6, 6.07) is -1.28. The van der Waals surface area contributed by atoms with Crippen LogP contribution in [-0.4, -0.2) is 46.5 Å². The number of rotatable bonds is 6. The number of carboxylic acid groups (broad SMARTS) is 1. The largest absolute Gasteiger partial charge is 0.480 e. The summed E-state index contributed by atoms with van der Waals surface area (Å²) in [5, 5.41) is 11.6. The Balaban J connectivity index is 2.59. The zero-order chi connectivity index (χ0) is 15.1. The molecule has 1 saturated heterocycles. The molecule has 1 heterocycles. The molecule has 0 saturated carbocycles. The highest BCUT2D eigenvalue weighted by atomic mass is 16.4. The van der Waals surface area contributed by atoms with Gasteiger partial charge in [-0.15, -0.1) is 0 Å². The molecule has 0 spiro atoms. The third-order valence-electron chi connectivity index (χ3n) is 3.63. The van der Waals surface area contributed by atoms with Gasteiger partial charge in [0, 0.05) is 19.0 Å². The molecule has 1 rings (SSSR count). The molecule has 1 aliphatic rings. The first-order chi connectivity index (χ1) is 9.45. The van der Waals surface area contributed by atoms with E-state index in [0.29, 0.717) is 6.54 Å². The molecule has 7 heteroatoms. The van der Waals surface area contributed by atoms with E-state index in [1.807, 2.05) is 6.92 Å². The van der Waals surface area contributed by atoms with Gasteiger partial charge in [-0.05, 0) is 32.1 Å². The number of aliphatic carboxylic acids is 1. The van der Waals surface area contributed by atoms with Crippen molar-refractivity contribution >= 4 is 17.9 Å². The number of hydrogen-bond donors (Lipinski definition) is 3. The lowest BCUT2D eigenvalue weighted by molar-refractivity contribution is -0.139. The highest BCUT2D eigenvalue weighted by Gasteiger charge is 2.28. The number of amides is 3. The van der Waals surface area contributed by atoms with Crippen LogP contribution in [0.25, 0.3) is 0 Å².